The van der Waals surface area contributed by atoms with Crippen LogP contribution in [0.4, 0.5) is 11.4 Å². The zero-order chi connectivity index (χ0) is 31.9. The van der Waals surface area contributed by atoms with Gasteiger partial charge in [0.05, 0.1) is 86.0 Å². The van der Waals surface area contributed by atoms with Gasteiger partial charge in [-0.05, 0) is 47.5 Å². The predicted molar refractivity (Wildman–Crippen MR) is 179 cm³/mol. The average Bonchev–Trinajstić information content (AvgIpc) is 3.07. The predicted octanol–water partition coefficient (Wildman–Crippen LogP) is 2.47. The molecule has 0 unspecified atom stereocenters. The van der Waals surface area contributed by atoms with Gasteiger partial charge in [-0.15, -0.1) is 0 Å². The van der Waals surface area contributed by atoms with Gasteiger partial charge in [-0.3, -0.25) is 9.80 Å². The van der Waals surface area contributed by atoms with Crippen molar-refractivity contribution in [1.82, 2.24) is 9.80 Å². The van der Waals surface area contributed by atoms with Crippen molar-refractivity contribution in [3.63, 3.8) is 0 Å². The second-order valence-corrected chi connectivity index (χ2v) is 12.2. The molecule has 0 N–H and O–H groups in total. The number of nitrogens with zero attached hydrogens (tertiary/aromatic N) is 4. The topological polar surface area (TPSA) is 86.8 Å². The molecule has 12 heteroatoms. The van der Waals surface area contributed by atoms with Gasteiger partial charge in [0.25, 0.3) is 0 Å². The maximum atomic E-state index is 6.25. The number of fused-ring (bicyclic) bond motifs is 6. The number of rotatable bonds is 8. The Labute approximate surface area is 279 Å². The van der Waals surface area contributed by atoms with Crippen LogP contribution in [0, 0.1) is 0 Å². The van der Waals surface area contributed by atoms with Crippen molar-refractivity contribution in [2.75, 3.05) is 148 Å². The highest BCUT2D eigenvalue weighted by Gasteiger charge is 2.30. The van der Waals surface area contributed by atoms with Crippen LogP contribution in [0.1, 0.15) is 11.1 Å². The quantitative estimate of drug-likeness (QED) is 0.419. The fraction of sp³-hybridized carbons (Fsp3) is 0.657. The van der Waals surface area contributed by atoms with Crippen LogP contribution in [0.5, 0.6) is 11.5 Å². The van der Waals surface area contributed by atoms with Gasteiger partial charge in [0.15, 0.2) is 0 Å². The molecule has 4 aliphatic heterocycles. The fourth-order valence-electron chi connectivity index (χ4n) is 6.33. The van der Waals surface area contributed by atoms with Crippen molar-refractivity contribution in [2.45, 2.75) is 13.1 Å². The van der Waals surface area contributed by atoms with Gasteiger partial charge in [-0.2, -0.15) is 0 Å². The monoisotopic (exact) mass is 656 g/mol. The SMILES string of the molecule is c1cc2c(cc1OCCN1CCOCCOCCOCC1)CN1CN2Cc2cc(OCCN3CCOCCOCCOCC3)ccc21. The number of anilines is 2. The molecule has 260 valence electrons. The summed E-state index contributed by atoms with van der Waals surface area (Å²) < 4.78 is 46.3. The van der Waals surface area contributed by atoms with Gasteiger partial charge >= 0.3 is 0 Å². The summed E-state index contributed by atoms with van der Waals surface area (Å²) in [7, 11) is 0. The molecular weight excluding hydrogens is 604 g/mol. The maximum absolute atomic E-state index is 6.25. The Kier molecular flexibility index (Phi) is 13.6. The fourth-order valence-corrected chi connectivity index (χ4v) is 6.33. The van der Waals surface area contributed by atoms with E-state index < -0.39 is 0 Å². The molecule has 6 rings (SSSR count). The molecule has 4 aliphatic rings. The van der Waals surface area contributed by atoms with Gasteiger partial charge in [-0.1, -0.05) is 0 Å². The Morgan fingerprint density at radius 1 is 0.468 bits per heavy atom. The van der Waals surface area contributed by atoms with E-state index >= 15 is 0 Å². The smallest absolute Gasteiger partial charge is 0.119 e. The summed E-state index contributed by atoms with van der Waals surface area (Å²) in [6.45, 7) is 16.6. The van der Waals surface area contributed by atoms with E-state index in [1.54, 1.807) is 0 Å². The van der Waals surface area contributed by atoms with Crippen LogP contribution in [0.15, 0.2) is 36.4 Å². The van der Waals surface area contributed by atoms with Crippen LogP contribution in [-0.4, -0.2) is 148 Å². The lowest BCUT2D eigenvalue weighted by molar-refractivity contribution is -0.00710. The summed E-state index contributed by atoms with van der Waals surface area (Å²) in [5, 5.41) is 0. The number of hydrogen-bond acceptors (Lipinski definition) is 12. The standard InChI is InChI=1S/C35H52N4O8/c1-3-34-30(25-32(1)46-15-9-36-5-11-40-17-21-44-22-18-41-12-6-36)27-39-29-38(34)28-31-26-33(2-4-35(31)39)47-16-10-37-7-13-42-19-23-45-24-20-43-14-8-37/h1-4,25-26H,5-24,27-29H2. The molecule has 2 saturated heterocycles. The number of ether oxygens (including phenoxy) is 8. The van der Waals surface area contributed by atoms with Crippen LogP contribution in [0.25, 0.3) is 0 Å². The molecule has 0 aliphatic carbocycles. The van der Waals surface area contributed by atoms with Gasteiger partial charge < -0.3 is 47.7 Å². The van der Waals surface area contributed by atoms with Gasteiger partial charge in [0, 0.05) is 63.7 Å². The first-order valence-electron chi connectivity index (χ1n) is 17.2. The van der Waals surface area contributed by atoms with E-state index in [1.807, 2.05) is 0 Å². The Hall–Kier alpha value is -2.68. The van der Waals surface area contributed by atoms with Crippen LogP contribution in [0.2, 0.25) is 0 Å². The lowest BCUT2D eigenvalue weighted by Gasteiger charge is -2.45. The van der Waals surface area contributed by atoms with Crippen molar-refractivity contribution in [3.8, 4) is 11.5 Å². The first-order valence-corrected chi connectivity index (χ1v) is 17.2. The molecule has 2 aromatic rings. The summed E-state index contributed by atoms with van der Waals surface area (Å²) in [4.78, 5) is 9.58. The van der Waals surface area contributed by atoms with Crippen LogP contribution in [-0.2, 0) is 41.5 Å². The largest absolute Gasteiger partial charge is 0.492 e. The Bertz CT molecular complexity index is 1110. The zero-order valence-corrected chi connectivity index (χ0v) is 27.8. The van der Waals surface area contributed by atoms with Crippen molar-refractivity contribution in [3.05, 3.63) is 47.5 Å². The molecule has 0 saturated carbocycles. The molecule has 0 atom stereocenters. The van der Waals surface area contributed by atoms with E-state index in [1.165, 1.54) is 22.5 Å². The van der Waals surface area contributed by atoms with Crippen LogP contribution in [0.3, 0.4) is 0 Å². The van der Waals surface area contributed by atoms with E-state index in [4.69, 9.17) is 37.9 Å². The average molecular weight is 657 g/mol. The summed E-state index contributed by atoms with van der Waals surface area (Å²) in [5.74, 6) is 1.83. The molecule has 2 bridgehead atoms. The van der Waals surface area contributed by atoms with Crippen molar-refractivity contribution >= 4 is 11.4 Å². The minimum Gasteiger partial charge on any atom is -0.492 e. The maximum Gasteiger partial charge on any atom is 0.119 e. The Morgan fingerprint density at radius 2 is 0.830 bits per heavy atom. The molecule has 47 heavy (non-hydrogen) atoms. The summed E-state index contributed by atoms with van der Waals surface area (Å²) in [5.41, 5.74) is 5.14. The molecule has 2 fully saturated rings. The third-order valence-electron chi connectivity index (χ3n) is 8.90. The molecule has 0 radical (unpaired) electrons. The molecular formula is C35H52N4O8. The summed E-state index contributed by atoms with van der Waals surface area (Å²) in [6, 6.07) is 13.1. The molecule has 0 spiro atoms. The Balaban J connectivity index is 0.979. The highest BCUT2D eigenvalue weighted by molar-refractivity contribution is 5.69. The van der Waals surface area contributed by atoms with Gasteiger partial charge in [-0.25, -0.2) is 0 Å². The Morgan fingerprint density at radius 3 is 1.21 bits per heavy atom. The first-order chi connectivity index (χ1) is 23.3. The van der Waals surface area contributed by atoms with Crippen LogP contribution < -0.4 is 19.3 Å². The second-order valence-electron chi connectivity index (χ2n) is 12.2. The lowest BCUT2D eigenvalue weighted by atomic mass is 10.0. The molecule has 12 nitrogen and oxygen atoms in total. The summed E-state index contributed by atoms with van der Waals surface area (Å²) >= 11 is 0. The van der Waals surface area contributed by atoms with Crippen molar-refractivity contribution in [2.24, 2.45) is 0 Å². The lowest BCUT2D eigenvalue weighted by Crippen LogP contribution is -2.46. The van der Waals surface area contributed by atoms with E-state index in [0.29, 0.717) is 92.5 Å². The van der Waals surface area contributed by atoms with Crippen molar-refractivity contribution < 1.29 is 37.9 Å². The van der Waals surface area contributed by atoms with E-state index in [-0.39, 0.29) is 0 Å². The third kappa shape index (κ3) is 10.7. The van der Waals surface area contributed by atoms with Crippen molar-refractivity contribution in [1.29, 1.82) is 0 Å². The molecule has 0 amide bonds. The minimum atomic E-state index is 0.616. The highest BCUT2D eigenvalue weighted by atomic mass is 16.6. The van der Waals surface area contributed by atoms with Crippen LogP contribution >= 0.6 is 0 Å². The molecule has 2 aromatic carbocycles. The highest BCUT2D eigenvalue weighted by Crippen LogP contribution is 2.40. The first kappa shape index (κ1) is 34.2. The van der Waals surface area contributed by atoms with E-state index in [9.17, 15) is 0 Å². The van der Waals surface area contributed by atoms with Gasteiger partial charge in [0.2, 0.25) is 0 Å². The number of benzene rings is 2. The second kappa shape index (κ2) is 18.8. The normalized spacial score (nSPS) is 21.3. The van der Waals surface area contributed by atoms with E-state index in [2.05, 4.69) is 56.0 Å². The van der Waals surface area contributed by atoms with E-state index in [0.717, 1.165) is 70.5 Å². The molecule has 0 aromatic heterocycles. The molecule has 4 heterocycles. The minimum absolute atomic E-state index is 0.616. The summed E-state index contributed by atoms with van der Waals surface area (Å²) in [6.07, 6.45) is 0. The third-order valence-corrected chi connectivity index (χ3v) is 8.90. The number of hydrogen-bond donors (Lipinski definition) is 0. The zero-order valence-electron chi connectivity index (χ0n) is 27.8. The van der Waals surface area contributed by atoms with Gasteiger partial charge in [0.1, 0.15) is 24.7 Å².